The minimum atomic E-state index is -1.11. The van der Waals surface area contributed by atoms with Gasteiger partial charge in [-0.1, -0.05) is 12.1 Å². The summed E-state index contributed by atoms with van der Waals surface area (Å²) in [4.78, 5) is 23.4. The van der Waals surface area contributed by atoms with Gasteiger partial charge in [-0.15, -0.1) is 11.3 Å². The molecule has 0 atom stereocenters. The number of nitrogens with one attached hydrogen (secondary N) is 2. The Morgan fingerprint density at radius 2 is 1.88 bits per heavy atom. The third-order valence-electron chi connectivity index (χ3n) is 8.05. The number of nitrogens with zero attached hydrogens (tertiary/aromatic N) is 5. The number of carbonyl (C=O) groups excluding carboxylic acids is 1. The first-order valence-electron chi connectivity index (χ1n) is 15.7. The first-order chi connectivity index (χ1) is 23.5. The van der Waals surface area contributed by atoms with Crippen LogP contribution in [0, 0.1) is 28.5 Å². The van der Waals surface area contributed by atoms with E-state index in [1.807, 2.05) is 11.0 Å². The maximum Gasteiger partial charge on any atom is 0.243 e. The summed E-state index contributed by atoms with van der Waals surface area (Å²) in [6.07, 6.45) is 5.54. The highest BCUT2D eigenvalue weighted by Gasteiger charge is 2.26. The van der Waals surface area contributed by atoms with Crippen molar-refractivity contribution in [3.8, 4) is 45.9 Å². The number of aliphatic hydroxyl groups is 1. The van der Waals surface area contributed by atoms with Crippen LogP contribution in [0.3, 0.4) is 0 Å². The molecule has 1 saturated heterocycles. The minimum absolute atomic E-state index is 0.0454. The Labute approximate surface area is 287 Å². The van der Waals surface area contributed by atoms with E-state index in [1.54, 1.807) is 49.9 Å². The average molecular weight is 686 g/mol. The second-order valence-electron chi connectivity index (χ2n) is 12.3. The summed E-state index contributed by atoms with van der Waals surface area (Å²) in [7, 11) is 0. The van der Waals surface area contributed by atoms with Crippen molar-refractivity contribution >= 4 is 23.1 Å². The Balaban J connectivity index is 1.38. The second kappa shape index (κ2) is 15.4. The standard InChI is InChI=1S/C35H36FN7O5S/c1-35(2,46)20-48-30-6-5-21(14-29(30)44)27-19-41-34(26(16-38)33(27)22-3-4-23(15-37)28(36)13-22)43-11-9-24(10-12-43)39-17-25-18-40-32(49-25)8-7-31(45)42-47/h3-6,13-14,18-19,24,39,44,46-47H,7-12,17,20H2,1-2H3,(H,42,45). The van der Waals surface area contributed by atoms with Crippen LogP contribution in [0.4, 0.5) is 10.2 Å². The van der Waals surface area contributed by atoms with Gasteiger partial charge in [-0.3, -0.25) is 10.0 Å². The summed E-state index contributed by atoms with van der Waals surface area (Å²) in [5.41, 5.74) is 2.41. The van der Waals surface area contributed by atoms with Gasteiger partial charge >= 0.3 is 0 Å². The maximum absolute atomic E-state index is 14.9. The molecule has 1 fully saturated rings. The van der Waals surface area contributed by atoms with Crippen LogP contribution in [0.1, 0.15) is 54.1 Å². The van der Waals surface area contributed by atoms with Gasteiger partial charge in [-0.05, 0) is 62.1 Å². The van der Waals surface area contributed by atoms with Crippen LogP contribution in [-0.2, 0) is 17.8 Å². The zero-order valence-corrected chi connectivity index (χ0v) is 27.8. The van der Waals surface area contributed by atoms with Gasteiger partial charge in [0.05, 0.1) is 16.2 Å². The van der Waals surface area contributed by atoms with E-state index in [2.05, 4.69) is 16.4 Å². The van der Waals surface area contributed by atoms with Crippen molar-refractivity contribution < 1.29 is 29.3 Å². The molecule has 2 aromatic heterocycles. The largest absolute Gasteiger partial charge is 0.504 e. The molecule has 49 heavy (non-hydrogen) atoms. The number of aryl methyl sites for hydroxylation is 1. The Morgan fingerprint density at radius 1 is 1.12 bits per heavy atom. The predicted molar refractivity (Wildman–Crippen MR) is 180 cm³/mol. The van der Waals surface area contributed by atoms with E-state index in [0.29, 0.717) is 54.1 Å². The first-order valence-corrected chi connectivity index (χ1v) is 16.5. The highest BCUT2D eigenvalue weighted by molar-refractivity contribution is 7.11. The molecule has 14 heteroatoms. The number of thiazole rings is 1. The lowest BCUT2D eigenvalue weighted by Gasteiger charge is -2.34. The number of benzene rings is 2. The Kier molecular flexibility index (Phi) is 11.1. The molecule has 0 unspecified atom stereocenters. The molecule has 2 aromatic carbocycles. The summed E-state index contributed by atoms with van der Waals surface area (Å²) >= 11 is 1.51. The van der Waals surface area contributed by atoms with Crippen LogP contribution in [-0.4, -0.2) is 62.6 Å². The van der Waals surface area contributed by atoms with Gasteiger partial charge in [-0.2, -0.15) is 10.5 Å². The SMILES string of the molecule is CC(C)(O)COc1ccc(-c2cnc(N3CCC(NCc4cnc(CCC(=O)NO)s4)CC3)c(C#N)c2-c2ccc(C#N)c(F)c2)cc1O. The van der Waals surface area contributed by atoms with Gasteiger partial charge in [0.15, 0.2) is 11.5 Å². The molecule has 5 rings (SSSR count). The van der Waals surface area contributed by atoms with Gasteiger partial charge in [-0.25, -0.2) is 19.8 Å². The topological polar surface area (TPSA) is 188 Å². The predicted octanol–water partition coefficient (Wildman–Crippen LogP) is 4.81. The number of halogens is 1. The van der Waals surface area contributed by atoms with Crippen molar-refractivity contribution in [3.05, 3.63) is 75.6 Å². The average Bonchev–Trinajstić information content (AvgIpc) is 3.56. The minimum Gasteiger partial charge on any atom is -0.504 e. The van der Waals surface area contributed by atoms with Crippen LogP contribution < -0.4 is 20.4 Å². The molecule has 4 aromatic rings. The van der Waals surface area contributed by atoms with Crippen molar-refractivity contribution in [1.82, 2.24) is 20.8 Å². The molecule has 5 N–H and O–H groups in total. The van der Waals surface area contributed by atoms with Crippen molar-refractivity contribution in [2.24, 2.45) is 0 Å². The fraction of sp³-hybridized carbons (Fsp3) is 0.343. The van der Waals surface area contributed by atoms with Gasteiger partial charge in [0, 0.05) is 66.9 Å². The summed E-state index contributed by atoms with van der Waals surface area (Å²) in [5, 5.41) is 53.7. The van der Waals surface area contributed by atoms with E-state index in [4.69, 9.17) is 14.9 Å². The van der Waals surface area contributed by atoms with E-state index in [9.17, 15) is 29.9 Å². The maximum atomic E-state index is 14.9. The molecule has 12 nitrogen and oxygen atoms in total. The summed E-state index contributed by atoms with van der Waals surface area (Å²) < 4.78 is 20.5. The molecule has 0 bridgehead atoms. The smallest absolute Gasteiger partial charge is 0.243 e. The number of rotatable bonds is 12. The normalized spacial score (nSPS) is 13.5. The molecule has 0 aliphatic carbocycles. The first kappa shape index (κ1) is 35.2. The molecule has 1 aliphatic heterocycles. The highest BCUT2D eigenvalue weighted by Crippen LogP contribution is 2.41. The van der Waals surface area contributed by atoms with E-state index in [0.717, 1.165) is 22.7 Å². The fourth-order valence-electron chi connectivity index (χ4n) is 5.55. The molecule has 1 aliphatic rings. The summed E-state index contributed by atoms with van der Waals surface area (Å²) in [5.74, 6) is -0.732. The lowest BCUT2D eigenvalue weighted by Crippen LogP contribution is -2.42. The van der Waals surface area contributed by atoms with E-state index in [1.165, 1.54) is 29.5 Å². The Bertz CT molecular complexity index is 1910. The number of hydroxylamine groups is 1. The summed E-state index contributed by atoms with van der Waals surface area (Å²) in [6.45, 7) is 4.96. The van der Waals surface area contributed by atoms with E-state index < -0.39 is 17.3 Å². The number of amides is 1. The molecule has 0 radical (unpaired) electrons. The lowest BCUT2D eigenvalue weighted by atomic mass is 9.91. The number of pyridine rings is 1. The number of ether oxygens (including phenoxy) is 1. The van der Waals surface area contributed by atoms with Crippen molar-refractivity contribution in [3.63, 3.8) is 0 Å². The molecule has 0 spiro atoms. The number of hydrogen-bond donors (Lipinski definition) is 5. The summed E-state index contributed by atoms with van der Waals surface area (Å²) in [6, 6.07) is 13.2. The van der Waals surface area contributed by atoms with Crippen molar-refractivity contribution in [2.45, 2.75) is 57.7 Å². The van der Waals surface area contributed by atoms with Crippen LogP contribution >= 0.6 is 11.3 Å². The van der Waals surface area contributed by atoms with Crippen molar-refractivity contribution in [1.29, 1.82) is 10.5 Å². The number of carbonyl (C=O) groups is 1. The lowest BCUT2D eigenvalue weighted by molar-refractivity contribution is -0.129. The number of phenols is 1. The third-order valence-corrected chi connectivity index (χ3v) is 9.11. The van der Waals surface area contributed by atoms with Crippen LogP contribution in [0.15, 0.2) is 48.8 Å². The van der Waals surface area contributed by atoms with Crippen molar-refractivity contribution in [2.75, 3.05) is 24.6 Å². The fourth-order valence-corrected chi connectivity index (χ4v) is 6.42. The van der Waals surface area contributed by atoms with Crippen LogP contribution in [0.5, 0.6) is 11.5 Å². The van der Waals surface area contributed by atoms with Gasteiger partial charge in [0.2, 0.25) is 5.91 Å². The number of anilines is 1. The number of aromatic hydroxyl groups is 1. The molecule has 0 saturated carbocycles. The van der Waals surface area contributed by atoms with Gasteiger partial charge in [0.25, 0.3) is 0 Å². The molecule has 254 valence electrons. The number of phenolic OH excluding ortho intramolecular Hbond substituents is 1. The second-order valence-corrected chi connectivity index (χ2v) is 13.5. The van der Waals surface area contributed by atoms with Gasteiger partial charge in [0.1, 0.15) is 35.9 Å². The zero-order valence-electron chi connectivity index (χ0n) is 27.0. The molecule has 3 heterocycles. The Hall–Kier alpha value is -5.12. The number of aromatic nitrogens is 2. The molecular weight excluding hydrogens is 649 g/mol. The van der Waals surface area contributed by atoms with Gasteiger partial charge < -0.3 is 25.2 Å². The quantitative estimate of drug-likeness (QED) is 0.102. The van der Waals surface area contributed by atoms with E-state index in [-0.39, 0.29) is 41.7 Å². The zero-order chi connectivity index (χ0) is 35.1. The number of nitriles is 2. The van der Waals surface area contributed by atoms with Crippen LogP contribution in [0.25, 0.3) is 22.3 Å². The molecule has 1 amide bonds. The Morgan fingerprint density at radius 3 is 2.53 bits per heavy atom. The number of piperidine rings is 1. The third kappa shape index (κ3) is 8.68. The number of hydrogen-bond acceptors (Lipinski definition) is 12. The monoisotopic (exact) mass is 685 g/mol. The van der Waals surface area contributed by atoms with E-state index >= 15 is 0 Å². The molecular formula is C35H36FN7O5S. The highest BCUT2D eigenvalue weighted by atomic mass is 32.1. The van der Waals surface area contributed by atoms with Crippen LogP contribution in [0.2, 0.25) is 0 Å².